The zero-order valence-corrected chi connectivity index (χ0v) is 16.7. The lowest BCUT2D eigenvalue weighted by molar-refractivity contribution is 0.964. The first kappa shape index (κ1) is 16.5. The van der Waals surface area contributed by atoms with E-state index in [0.29, 0.717) is 0 Å². The van der Waals surface area contributed by atoms with Crippen LogP contribution in [0, 0.1) is 17.4 Å². The fourth-order valence-corrected chi connectivity index (χ4v) is 3.40. The minimum atomic E-state index is 0.977. The average molecular weight is 479 g/mol. The van der Waals surface area contributed by atoms with Gasteiger partial charge in [0.25, 0.3) is 0 Å². The molecular formula is C19H16BrIN2. The van der Waals surface area contributed by atoms with Gasteiger partial charge in [0.05, 0.1) is 5.69 Å². The highest BCUT2D eigenvalue weighted by Crippen LogP contribution is 2.22. The molecule has 0 atom stereocenters. The van der Waals surface area contributed by atoms with Crippen LogP contribution in [-0.2, 0) is 0 Å². The molecule has 2 nitrogen and oxygen atoms in total. The fourth-order valence-electron chi connectivity index (χ4n) is 2.61. The topological polar surface area (TPSA) is 17.3 Å². The molecule has 3 aromatic rings. The van der Waals surface area contributed by atoms with Crippen molar-refractivity contribution in [2.24, 2.45) is 4.99 Å². The van der Waals surface area contributed by atoms with Gasteiger partial charge in [-0.25, -0.2) is 0 Å². The van der Waals surface area contributed by atoms with Crippen LogP contribution in [-0.4, -0.2) is 10.8 Å². The molecule has 23 heavy (non-hydrogen) atoms. The number of rotatable bonds is 3. The molecule has 0 amide bonds. The van der Waals surface area contributed by atoms with Crippen molar-refractivity contribution in [2.75, 3.05) is 0 Å². The monoisotopic (exact) mass is 478 g/mol. The van der Waals surface area contributed by atoms with Crippen molar-refractivity contribution in [3.05, 3.63) is 79.6 Å². The van der Waals surface area contributed by atoms with Crippen LogP contribution in [0.1, 0.15) is 17.0 Å². The van der Waals surface area contributed by atoms with Crippen LogP contribution in [0.25, 0.3) is 5.69 Å². The van der Waals surface area contributed by atoms with E-state index in [-0.39, 0.29) is 0 Å². The molecule has 116 valence electrons. The first-order chi connectivity index (χ1) is 11.0. The molecule has 3 rings (SSSR count). The molecule has 1 aromatic heterocycles. The molecule has 0 radical (unpaired) electrons. The molecule has 0 aliphatic rings. The molecule has 1 heterocycles. The molecule has 0 saturated heterocycles. The van der Waals surface area contributed by atoms with E-state index in [9.17, 15) is 0 Å². The Kier molecular flexibility index (Phi) is 5.02. The second kappa shape index (κ2) is 7.01. The van der Waals surface area contributed by atoms with Gasteiger partial charge >= 0.3 is 0 Å². The van der Waals surface area contributed by atoms with Gasteiger partial charge in [0, 0.05) is 36.9 Å². The third-order valence-corrected chi connectivity index (χ3v) is 4.92. The number of hydrogen-bond acceptors (Lipinski definition) is 1. The third-order valence-electron chi connectivity index (χ3n) is 3.72. The average Bonchev–Trinajstić information content (AvgIpc) is 2.81. The van der Waals surface area contributed by atoms with E-state index in [4.69, 9.17) is 0 Å². The summed E-state index contributed by atoms with van der Waals surface area (Å²) in [6.45, 7) is 4.25. The highest BCUT2D eigenvalue weighted by Gasteiger charge is 2.09. The maximum Gasteiger partial charge on any atom is 0.0640 e. The fraction of sp³-hybridized carbons (Fsp3) is 0.105. The van der Waals surface area contributed by atoms with Gasteiger partial charge in [-0.05, 0) is 85.0 Å². The Balaban J connectivity index is 1.96. The molecule has 4 heteroatoms. The van der Waals surface area contributed by atoms with Crippen molar-refractivity contribution in [3.63, 3.8) is 0 Å². The van der Waals surface area contributed by atoms with Gasteiger partial charge in [0.1, 0.15) is 0 Å². The quantitative estimate of drug-likeness (QED) is 0.314. The molecular weight excluding hydrogens is 463 g/mol. The smallest absolute Gasteiger partial charge is 0.0640 e. The van der Waals surface area contributed by atoms with Crippen molar-refractivity contribution in [1.29, 1.82) is 0 Å². The van der Waals surface area contributed by atoms with Crippen molar-refractivity contribution < 1.29 is 0 Å². The van der Waals surface area contributed by atoms with Crippen molar-refractivity contribution in [3.8, 4) is 5.69 Å². The van der Waals surface area contributed by atoms with E-state index >= 15 is 0 Å². The maximum absolute atomic E-state index is 4.61. The van der Waals surface area contributed by atoms with Gasteiger partial charge < -0.3 is 4.57 Å². The Labute approximate surface area is 158 Å². The van der Waals surface area contributed by atoms with E-state index in [0.717, 1.165) is 21.4 Å². The summed E-state index contributed by atoms with van der Waals surface area (Å²) in [6, 6.07) is 18.7. The first-order valence-corrected chi connectivity index (χ1v) is 9.16. The van der Waals surface area contributed by atoms with Gasteiger partial charge in [-0.2, -0.15) is 0 Å². The predicted molar refractivity (Wildman–Crippen MR) is 109 cm³/mol. The zero-order valence-electron chi connectivity index (χ0n) is 12.9. The Morgan fingerprint density at radius 3 is 2.48 bits per heavy atom. The molecule has 0 saturated carbocycles. The lowest BCUT2D eigenvalue weighted by Crippen LogP contribution is -1.99. The second-order valence-electron chi connectivity index (χ2n) is 5.38. The molecule has 0 spiro atoms. The SMILES string of the molecule is Cc1cc(C=Nc2cccc(I)c2)c(C)n1-c1ccc(Br)cc1. The van der Waals surface area contributed by atoms with Crippen LogP contribution in [0.2, 0.25) is 0 Å². The lowest BCUT2D eigenvalue weighted by Gasteiger charge is -2.09. The number of aryl methyl sites for hydroxylation is 1. The van der Waals surface area contributed by atoms with Crippen LogP contribution >= 0.6 is 38.5 Å². The van der Waals surface area contributed by atoms with Gasteiger partial charge in [0.15, 0.2) is 0 Å². The van der Waals surface area contributed by atoms with Gasteiger partial charge in [-0.3, -0.25) is 4.99 Å². The number of halogens is 2. The summed E-state index contributed by atoms with van der Waals surface area (Å²) in [7, 11) is 0. The normalized spacial score (nSPS) is 11.3. The summed E-state index contributed by atoms with van der Waals surface area (Å²) in [5, 5.41) is 0. The number of hydrogen-bond donors (Lipinski definition) is 0. The zero-order chi connectivity index (χ0) is 16.4. The molecule has 0 N–H and O–H groups in total. The maximum atomic E-state index is 4.61. The highest BCUT2D eigenvalue weighted by atomic mass is 127. The molecule has 0 unspecified atom stereocenters. The molecule has 0 aliphatic heterocycles. The summed E-state index contributed by atoms with van der Waals surface area (Å²) in [5.74, 6) is 0. The summed E-state index contributed by atoms with van der Waals surface area (Å²) < 4.78 is 4.53. The van der Waals surface area contributed by atoms with Crippen LogP contribution < -0.4 is 0 Å². The number of aliphatic imine (C=N–C) groups is 1. The third kappa shape index (κ3) is 3.75. The minimum Gasteiger partial charge on any atom is -0.318 e. The van der Waals surface area contributed by atoms with Crippen LogP contribution in [0.3, 0.4) is 0 Å². The standard InChI is InChI=1S/C19H16BrIN2/c1-13-10-15(12-22-18-5-3-4-17(21)11-18)14(2)23(13)19-8-6-16(20)7-9-19/h3-12H,1-2H3. The second-order valence-corrected chi connectivity index (χ2v) is 7.54. The van der Waals surface area contributed by atoms with E-state index in [1.165, 1.54) is 15.0 Å². The molecule has 0 bridgehead atoms. The van der Waals surface area contributed by atoms with Gasteiger partial charge in [-0.15, -0.1) is 0 Å². The Morgan fingerprint density at radius 2 is 1.78 bits per heavy atom. The van der Waals surface area contributed by atoms with E-state index in [2.05, 4.69) is 104 Å². The number of benzene rings is 2. The molecule has 0 fully saturated rings. The summed E-state index contributed by atoms with van der Waals surface area (Å²) >= 11 is 5.79. The Hall–Kier alpha value is -1.40. The van der Waals surface area contributed by atoms with E-state index in [1.54, 1.807) is 0 Å². The van der Waals surface area contributed by atoms with E-state index < -0.39 is 0 Å². The van der Waals surface area contributed by atoms with E-state index in [1.807, 2.05) is 18.3 Å². The summed E-state index contributed by atoms with van der Waals surface area (Å²) in [6.07, 6.45) is 1.95. The molecule has 2 aromatic carbocycles. The van der Waals surface area contributed by atoms with Gasteiger partial charge in [0.2, 0.25) is 0 Å². The minimum absolute atomic E-state index is 0.977. The first-order valence-electron chi connectivity index (χ1n) is 7.29. The lowest BCUT2D eigenvalue weighted by atomic mass is 10.2. The van der Waals surface area contributed by atoms with Crippen molar-refractivity contribution in [2.45, 2.75) is 13.8 Å². The predicted octanol–water partition coefficient (Wildman–Crippen LogP) is 6.21. The van der Waals surface area contributed by atoms with Gasteiger partial charge in [-0.1, -0.05) is 22.0 Å². The largest absolute Gasteiger partial charge is 0.318 e. The van der Waals surface area contributed by atoms with Crippen LogP contribution in [0.5, 0.6) is 0 Å². The highest BCUT2D eigenvalue weighted by molar-refractivity contribution is 14.1. The Bertz CT molecular complexity index is 864. The van der Waals surface area contributed by atoms with Crippen LogP contribution in [0.15, 0.2) is 64.1 Å². The summed E-state index contributed by atoms with van der Waals surface area (Å²) in [5.41, 5.74) is 5.68. The summed E-state index contributed by atoms with van der Waals surface area (Å²) in [4.78, 5) is 4.61. The molecule has 0 aliphatic carbocycles. The van der Waals surface area contributed by atoms with Crippen molar-refractivity contribution >= 4 is 50.4 Å². The van der Waals surface area contributed by atoms with Crippen molar-refractivity contribution in [1.82, 2.24) is 4.57 Å². The number of aromatic nitrogens is 1. The van der Waals surface area contributed by atoms with Crippen LogP contribution in [0.4, 0.5) is 5.69 Å². The number of nitrogens with zero attached hydrogens (tertiary/aromatic N) is 2. The Morgan fingerprint density at radius 1 is 1.04 bits per heavy atom.